The fourth-order valence-electron chi connectivity index (χ4n) is 8.12. The van der Waals surface area contributed by atoms with Crippen LogP contribution in [0.3, 0.4) is 0 Å². The number of ether oxygens (including phenoxy) is 1. The maximum Gasteiger partial charge on any atom is 0.264 e. The average Bonchev–Trinajstić information content (AvgIpc) is 3.80. The second kappa shape index (κ2) is 18.7. The van der Waals surface area contributed by atoms with Crippen LogP contribution in [-0.2, 0) is 19.2 Å². The maximum atomic E-state index is 13.4. The van der Waals surface area contributed by atoms with Crippen LogP contribution in [0.2, 0.25) is 0 Å². The van der Waals surface area contributed by atoms with Crippen LogP contribution in [0.15, 0.2) is 91.3 Å². The Bertz CT molecular complexity index is 2600. The highest BCUT2D eigenvalue weighted by atomic mass is 16.5. The van der Waals surface area contributed by atoms with Gasteiger partial charge in [0.2, 0.25) is 23.6 Å². The molecule has 5 N–H and O–H groups in total. The van der Waals surface area contributed by atoms with Gasteiger partial charge in [-0.15, -0.1) is 0 Å². The number of nitrogen functional groups attached to an aromatic ring is 1. The van der Waals surface area contributed by atoms with Crippen molar-refractivity contribution in [3.8, 4) is 22.8 Å². The summed E-state index contributed by atoms with van der Waals surface area (Å²) >= 11 is 0. The highest BCUT2D eigenvalue weighted by Gasteiger charge is 2.45. The standard InChI is InChI=1S/C45H47N11O7/c1-53(23-8-21-47-36(58)25-48-33-13-5-12-32-38(33)45(62)55(44(32)61)34-19-20-35(57)51-43(34)60)22-7-14-37(59)54-24-6-9-29(26-54)56-42-39(41(46)49-27-50-42)40(52-56)28-15-17-31(18-16-28)63-30-10-3-2-4-11-30/h2-5,7,10-18,27,29,34,48H,6,8-9,19-26H2,1H3,(H,47,58)(H2,46,49,50)(H,51,57,60)/b14-7+/t29-,34?/m1/s1. The van der Waals surface area contributed by atoms with E-state index in [1.807, 2.05) is 82.2 Å². The van der Waals surface area contributed by atoms with E-state index in [0.717, 1.165) is 29.1 Å². The van der Waals surface area contributed by atoms with Gasteiger partial charge in [-0.05, 0) is 87.8 Å². The number of likely N-dealkylation sites (N-methyl/N-ethyl adjacent to an activating group) is 1. The molecule has 8 rings (SSSR count). The van der Waals surface area contributed by atoms with Crippen molar-refractivity contribution in [1.29, 1.82) is 0 Å². The molecule has 2 saturated heterocycles. The summed E-state index contributed by atoms with van der Waals surface area (Å²) in [4.78, 5) is 90.1. The molecule has 3 aliphatic heterocycles. The van der Waals surface area contributed by atoms with Crippen LogP contribution >= 0.6 is 0 Å². The third-order valence-electron chi connectivity index (χ3n) is 11.3. The number of carbonyl (C=O) groups excluding carboxylic acids is 6. The molecule has 2 aromatic heterocycles. The molecule has 5 aromatic rings. The first-order valence-electron chi connectivity index (χ1n) is 20.9. The highest BCUT2D eigenvalue weighted by molar-refractivity contribution is 6.25. The molecule has 0 aliphatic carbocycles. The molecule has 324 valence electrons. The van der Waals surface area contributed by atoms with Gasteiger partial charge in [0, 0.05) is 49.9 Å². The van der Waals surface area contributed by atoms with E-state index in [1.54, 1.807) is 18.2 Å². The minimum atomic E-state index is -1.08. The van der Waals surface area contributed by atoms with Gasteiger partial charge < -0.3 is 30.9 Å². The molecule has 0 radical (unpaired) electrons. The van der Waals surface area contributed by atoms with Crippen molar-refractivity contribution in [1.82, 2.24) is 45.1 Å². The lowest BCUT2D eigenvalue weighted by molar-refractivity contribution is -0.136. The molecule has 0 bridgehead atoms. The highest BCUT2D eigenvalue weighted by Crippen LogP contribution is 2.36. The molecule has 0 spiro atoms. The summed E-state index contributed by atoms with van der Waals surface area (Å²) in [6.07, 6.45) is 7.19. The first-order valence-corrected chi connectivity index (χ1v) is 20.9. The second-order valence-corrected chi connectivity index (χ2v) is 15.7. The molecular weight excluding hydrogens is 807 g/mol. The summed E-state index contributed by atoms with van der Waals surface area (Å²) < 4.78 is 7.85. The van der Waals surface area contributed by atoms with Gasteiger partial charge in [0.1, 0.15) is 35.4 Å². The third kappa shape index (κ3) is 9.25. The Morgan fingerprint density at radius 3 is 2.56 bits per heavy atom. The van der Waals surface area contributed by atoms with E-state index in [-0.39, 0.29) is 48.4 Å². The molecule has 1 unspecified atom stereocenters. The number of amides is 6. The molecule has 2 fully saturated rings. The summed E-state index contributed by atoms with van der Waals surface area (Å²) in [5, 5.41) is 13.6. The second-order valence-electron chi connectivity index (χ2n) is 15.7. The van der Waals surface area contributed by atoms with Crippen LogP contribution in [0.25, 0.3) is 22.3 Å². The zero-order chi connectivity index (χ0) is 44.0. The van der Waals surface area contributed by atoms with Crippen molar-refractivity contribution in [3.05, 3.63) is 102 Å². The number of imide groups is 2. The van der Waals surface area contributed by atoms with Crippen molar-refractivity contribution >= 4 is 58.0 Å². The van der Waals surface area contributed by atoms with Crippen molar-refractivity contribution in [2.75, 3.05) is 57.4 Å². The van der Waals surface area contributed by atoms with Gasteiger partial charge in [0.05, 0.1) is 29.1 Å². The summed E-state index contributed by atoms with van der Waals surface area (Å²) in [6.45, 7) is 2.51. The van der Waals surface area contributed by atoms with Crippen molar-refractivity contribution < 1.29 is 33.5 Å². The number of anilines is 2. The Labute approximate surface area is 362 Å². The van der Waals surface area contributed by atoms with E-state index in [0.29, 0.717) is 73.1 Å². The van der Waals surface area contributed by atoms with Crippen LogP contribution in [0.4, 0.5) is 11.5 Å². The summed E-state index contributed by atoms with van der Waals surface area (Å²) in [6, 6.07) is 20.7. The molecule has 3 aromatic carbocycles. The van der Waals surface area contributed by atoms with Gasteiger partial charge in [-0.25, -0.2) is 14.6 Å². The number of nitrogens with two attached hydrogens (primary N) is 1. The lowest BCUT2D eigenvalue weighted by atomic mass is 10.0. The van der Waals surface area contributed by atoms with Crippen LogP contribution in [0, 0.1) is 0 Å². The van der Waals surface area contributed by atoms with Gasteiger partial charge in [-0.1, -0.05) is 30.3 Å². The van der Waals surface area contributed by atoms with Crippen LogP contribution in [0.5, 0.6) is 11.5 Å². The molecule has 0 saturated carbocycles. The summed E-state index contributed by atoms with van der Waals surface area (Å²) in [5.74, 6) is -1.06. The number of aromatic nitrogens is 4. The number of rotatable bonds is 15. The van der Waals surface area contributed by atoms with Gasteiger partial charge in [0.25, 0.3) is 11.8 Å². The number of likely N-dealkylation sites (tertiary alicyclic amines) is 1. The minimum absolute atomic E-state index is 0.0209. The molecule has 63 heavy (non-hydrogen) atoms. The Balaban J connectivity index is 0.790. The van der Waals surface area contributed by atoms with E-state index in [9.17, 15) is 28.8 Å². The first-order chi connectivity index (χ1) is 30.5. The van der Waals surface area contributed by atoms with Crippen molar-refractivity contribution in [2.24, 2.45) is 0 Å². The number of nitrogens with one attached hydrogen (secondary N) is 3. The van der Waals surface area contributed by atoms with Crippen molar-refractivity contribution in [2.45, 2.75) is 44.2 Å². The Hall–Kier alpha value is -7.47. The van der Waals surface area contributed by atoms with Crippen LogP contribution < -0.4 is 26.4 Å². The predicted molar refractivity (Wildman–Crippen MR) is 232 cm³/mol. The maximum absolute atomic E-state index is 13.4. The molecule has 6 amide bonds. The molecule has 5 heterocycles. The third-order valence-corrected chi connectivity index (χ3v) is 11.3. The summed E-state index contributed by atoms with van der Waals surface area (Å²) in [5.41, 5.74) is 9.01. The topological polar surface area (TPSA) is 227 Å². The molecule has 18 nitrogen and oxygen atoms in total. The van der Waals surface area contributed by atoms with Crippen molar-refractivity contribution in [3.63, 3.8) is 0 Å². The number of nitrogens with zero attached hydrogens (tertiary/aromatic N) is 7. The quantitative estimate of drug-likeness (QED) is 0.0673. The van der Waals surface area contributed by atoms with Gasteiger partial charge >= 0.3 is 0 Å². The Morgan fingerprint density at radius 2 is 1.76 bits per heavy atom. The monoisotopic (exact) mass is 853 g/mol. The Kier molecular flexibility index (Phi) is 12.5. The number of benzene rings is 3. The van der Waals surface area contributed by atoms with Gasteiger partial charge in [-0.3, -0.25) is 39.0 Å². The van der Waals surface area contributed by atoms with E-state index in [2.05, 4.69) is 25.9 Å². The van der Waals surface area contributed by atoms with E-state index in [4.69, 9.17) is 15.6 Å². The zero-order valence-corrected chi connectivity index (χ0v) is 34.7. The largest absolute Gasteiger partial charge is 0.457 e. The SMILES string of the molecule is CN(C/C=C/C(=O)N1CCC[C@@H](n2nc(-c3ccc(Oc4ccccc4)cc3)c3c(N)ncnc32)C1)CCCNC(=O)CNc1cccc2c1C(=O)N(C1CCC(=O)NC1=O)C2=O. The molecule has 3 aliphatic rings. The molecular formula is C45H47N11O7. The zero-order valence-electron chi connectivity index (χ0n) is 34.7. The van der Waals surface area contributed by atoms with E-state index >= 15 is 0 Å². The fraction of sp³-hybridized carbons (Fsp3) is 0.311. The first kappa shape index (κ1) is 42.2. The van der Waals surface area contributed by atoms with Gasteiger partial charge in [-0.2, -0.15) is 5.10 Å². The number of piperidine rings is 2. The molecule has 2 atom stereocenters. The lowest BCUT2D eigenvalue weighted by Gasteiger charge is -2.32. The fourth-order valence-corrected chi connectivity index (χ4v) is 8.12. The molecule has 18 heteroatoms. The summed E-state index contributed by atoms with van der Waals surface area (Å²) in [7, 11) is 1.93. The average molecular weight is 854 g/mol. The number of fused-ring (bicyclic) bond motifs is 2. The number of carbonyl (C=O) groups is 6. The van der Waals surface area contributed by atoms with E-state index < -0.39 is 29.7 Å². The number of para-hydroxylation sites is 1. The van der Waals surface area contributed by atoms with Crippen LogP contribution in [0.1, 0.15) is 58.9 Å². The normalized spacial score (nSPS) is 17.7. The van der Waals surface area contributed by atoms with Crippen LogP contribution in [-0.4, -0.2) is 122 Å². The van der Waals surface area contributed by atoms with Gasteiger partial charge in [0.15, 0.2) is 5.65 Å². The van der Waals surface area contributed by atoms with E-state index in [1.165, 1.54) is 12.4 Å². The lowest BCUT2D eigenvalue weighted by Crippen LogP contribution is -2.54. The number of hydrogen-bond donors (Lipinski definition) is 4. The predicted octanol–water partition coefficient (Wildman–Crippen LogP) is 3.54. The smallest absolute Gasteiger partial charge is 0.264 e. The minimum Gasteiger partial charge on any atom is -0.457 e. The Morgan fingerprint density at radius 1 is 0.968 bits per heavy atom. The number of hydrogen-bond acceptors (Lipinski definition) is 13.